The maximum atomic E-state index is 11.6. The number of rotatable bonds is 4. The number of benzene rings is 1. The molecule has 0 aliphatic carbocycles. The zero-order valence-corrected chi connectivity index (χ0v) is 9.87. The molecule has 15 heavy (non-hydrogen) atoms. The van der Waals surface area contributed by atoms with E-state index in [0.717, 1.165) is 5.56 Å². The van der Waals surface area contributed by atoms with Crippen LogP contribution in [0.1, 0.15) is 32.7 Å². The monoisotopic (exact) mass is 270 g/mol. The molecule has 80 valence electrons. The molecule has 0 unspecified atom stereocenters. The number of aryl methyl sites for hydroxylation is 1. The van der Waals surface area contributed by atoms with Gasteiger partial charge in [-0.1, -0.05) is 33.6 Å². The lowest BCUT2D eigenvalue weighted by Crippen LogP contribution is -2.09. The van der Waals surface area contributed by atoms with Gasteiger partial charge >= 0.3 is 5.97 Å². The summed E-state index contributed by atoms with van der Waals surface area (Å²) in [5.41, 5.74) is 1.20. The van der Waals surface area contributed by atoms with Crippen molar-refractivity contribution in [2.45, 2.75) is 13.3 Å². The van der Waals surface area contributed by atoms with Gasteiger partial charge in [-0.15, -0.1) is 0 Å². The summed E-state index contributed by atoms with van der Waals surface area (Å²) < 4.78 is 0. The second kappa shape index (κ2) is 5.07. The molecule has 0 spiro atoms. The first-order chi connectivity index (χ1) is 7.06. The second-order valence-corrected chi connectivity index (χ2v) is 4.01. The Morgan fingerprint density at radius 3 is 2.53 bits per heavy atom. The first-order valence-electron chi connectivity index (χ1n) is 4.49. The second-order valence-electron chi connectivity index (χ2n) is 3.22. The highest BCUT2D eigenvalue weighted by molar-refractivity contribution is 9.09. The first-order valence-corrected chi connectivity index (χ1v) is 5.61. The zero-order valence-electron chi connectivity index (χ0n) is 8.29. The highest BCUT2D eigenvalue weighted by atomic mass is 79.9. The van der Waals surface area contributed by atoms with Crippen molar-refractivity contribution >= 4 is 27.7 Å². The van der Waals surface area contributed by atoms with Gasteiger partial charge in [0.15, 0.2) is 5.78 Å². The maximum Gasteiger partial charge on any atom is 0.336 e. The van der Waals surface area contributed by atoms with Crippen molar-refractivity contribution in [3.05, 3.63) is 34.9 Å². The lowest BCUT2D eigenvalue weighted by molar-refractivity contribution is 0.0692. The molecule has 0 aliphatic rings. The molecule has 0 fully saturated rings. The molecule has 0 amide bonds. The number of hydrogen-bond donors (Lipinski definition) is 1. The summed E-state index contributed by atoms with van der Waals surface area (Å²) in [6, 6.07) is 4.83. The largest absolute Gasteiger partial charge is 0.478 e. The van der Waals surface area contributed by atoms with Gasteiger partial charge in [-0.25, -0.2) is 4.79 Å². The van der Waals surface area contributed by atoms with Crippen LogP contribution in [0.5, 0.6) is 0 Å². The SMILES string of the molecule is Cc1ccc(C(=O)CCBr)c(C(=O)O)c1. The zero-order chi connectivity index (χ0) is 11.4. The fourth-order valence-electron chi connectivity index (χ4n) is 1.30. The predicted molar refractivity (Wildman–Crippen MR) is 60.9 cm³/mol. The predicted octanol–water partition coefficient (Wildman–Crippen LogP) is 2.66. The van der Waals surface area contributed by atoms with Crippen molar-refractivity contribution in [1.82, 2.24) is 0 Å². The van der Waals surface area contributed by atoms with Gasteiger partial charge in [0.2, 0.25) is 0 Å². The van der Waals surface area contributed by atoms with Crippen LogP contribution in [0.15, 0.2) is 18.2 Å². The smallest absolute Gasteiger partial charge is 0.336 e. The number of Topliss-reactive ketones (excluding diaryl/α,β-unsaturated/α-hetero) is 1. The van der Waals surface area contributed by atoms with Gasteiger partial charge < -0.3 is 5.11 Å². The van der Waals surface area contributed by atoms with Crippen LogP contribution < -0.4 is 0 Å². The summed E-state index contributed by atoms with van der Waals surface area (Å²) in [4.78, 5) is 22.5. The van der Waals surface area contributed by atoms with Crippen molar-refractivity contribution in [3.63, 3.8) is 0 Å². The van der Waals surface area contributed by atoms with Gasteiger partial charge in [-0.05, 0) is 13.0 Å². The Balaban J connectivity index is 3.17. The van der Waals surface area contributed by atoms with E-state index in [0.29, 0.717) is 11.8 Å². The number of carbonyl (C=O) groups excluding carboxylic acids is 1. The Labute approximate surface area is 96.2 Å². The number of halogens is 1. The molecule has 3 nitrogen and oxygen atoms in total. The molecule has 0 aliphatic heterocycles. The van der Waals surface area contributed by atoms with Crippen LogP contribution in [0.4, 0.5) is 0 Å². The standard InChI is InChI=1S/C11H11BrO3/c1-7-2-3-8(10(13)4-5-12)9(6-7)11(14)15/h2-3,6H,4-5H2,1H3,(H,14,15). The Kier molecular flexibility index (Phi) is 4.03. The number of ketones is 1. The molecule has 1 aromatic carbocycles. The number of alkyl halides is 1. The number of aromatic carboxylic acids is 1. The van der Waals surface area contributed by atoms with E-state index >= 15 is 0 Å². The van der Waals surface area contributed by atoms with Crippen LogP contribution >= 0.6 is 15.9 Å². The third kappa shape index (κ3) is 2.89. The molecule has 0 atom stereocenters. The molecule has 0 bridgehead atoms. The summed E-state index contributed by atoms with van der Waals surface area (Å²) >= 11 is 3.16. The van der Waals surface area contributed by atoms with Crippen molar-refractivity contribution in [1.29, 1.82) is 0 Å². The molecular formula is C11H11BrO3. The van der Waals surface area contributed by atoms with E-state index < -0.39 is 5.97 Å². The van der Waals surface area contributed by atoms with E-state index in [1.165, 1.54) is 6.07 Å². The van der Waals surface area contributed by atoms with Crippen LogP contribution in [0.3, 0.4) is 0 Å². The Morgan fingerprint density at radius 1 is 1.33 bits per heavy atom. The first kappa shape index (κ1) is 11.9. The third-order valence-corrected chi connectivity index (χ3v) is 2.42. The molecule has 0 aromatic heterocycles. The average Bonchev–Trinajstić information content (AvgIpc) is 2.17. The molecule has 0 radical (unpaired) electrons. The normalized spacial score (nSPS) is 10.0. The van der Waals surface area contributed by atoms with E-state index in [9.17, 15) is 9.59 Å². The van der Waals surface area contributed by atoms with Crippen molar-refractivity contribution in [3.8, 4) is 0 Å². The van der Waals surface area contributed by atoms with E-state index in [1.807, 2.05) is 0 Å². The van der Waals surface area contributed by atoms with E-state index in [2.05, 4.69) is 15.9 Å². The lowest BCUT2D eigenvalue weighted by atomic mass is 10.00. The van der Waals surface area contributed by atoms with Gasteiger partial charge in [0.05, 0.1) is 5.56 Å². The topological polar surface area (TPSA) is 54.4 Å². The lowest BCUT2D eigenvalue weighted by Gasteiger charge is -2.05. The number of carbonyl (C=O) groups is 2. The summed E-state index contributed by atoms with van der Waals surface area (Å²) in [6.07, 6.45) is 0.309. The van der Waals surface area contributed by atoms with E-state index in [4.69, 9.17) is 5.11 Å². The third-order valence-electron chi connectivity index (χ3n) is 2.03. The molecule has 1 rings (SSSR count). The number of carboxylic acids is 1. The molecule has 0 saturated heterocycles. The van der Waals surface area contributed by atoms with Gasteiger partial charge in [0, 0.05) is 17.3 Å². The minimum atomic E-state index is -1.06. The van der Waals surface area contributed by atoms with E-state index in [1.54, 1.807) is 19.1 Å². The molecule has 1 N–H and O–H groups in total. The highest BCUT2D eigenvalue weighted by Gasteiger charge is 2.15. The minimum absolute atomic E-state index is 0.0842. The van der Waals surface area contributed by atoms with Crippen molar-refractivity contribution in [2.24, 2.45) is 0 Å². The number of carboxylic acid groups (broad SMARTS) is 1. The summed E-state index contributed by atoms with van der Waals surface area (Å²) in [7, 11) is 0. The van der Waals surface area contributed by atoms with Crippen molar-refractivity contribution in [2.75, 3.05) is 5.33 Å². The highest BCUT2D eigenvalue weighted by Crippen LogP contribution is 2.14. The number of hydrogen-bond acceptors (Lipinski definition) is 2. The molecular weight excluding hydrogens is 260 g/mol. The quantitative estimate of drug-likeness (QED) is 0.676. The minimum Gasteiger partial charge on any atom is -0.478 e. The Morgan fingerprint density at radius 2 is 2.00 bits per heavy atom. The summed E-state index contributed by atoms with van der Waals surface area (Å²) in [6.45, 7) is 1.80. The van der Waals surface area contributed by atoms with Crippen LogP contribution in [-0.2, 0) is 0 Å². The molecule has 0 heterocycles. The average molecular weight is 271 g/mol. The molecule has 0 saturated carbocycles. The van der Waals surface area contributed by atoms with E-state index in [-0.39, 0.29) is 16.9 Å². The van der Waals surface area contributed by atoms with Gasteiger partial charge in [0.1, 0.15) is 0 Å². The van der Waals surface area contributed by atoms with Gasteiger partial charge in [-0.2, -0.15) is 0 Å². The molecule has 1 aromatic rings. The van der Waals surface area contributed by atoms with Crippen LogP contribution in [0.2, 0.25) is 0 Å². The van der Waals surface area contributed by atoms with Crippen LogP contribution in [-0.4, -0.2) is 22.2 Å². The summed E-state index contributed by atoms with van der Waals surface area (Å²) in [5.74, 6) is -1.21. The molecule has 4 heteroatoms. The van der Waals surface area contributed by atoms with Gasteiger partial charge in [-0.3, -0.25) is 4.79 Å². The van der Waals surface area contributed by atoms with Crippen LogP contribution in [0, 0.1) is 6.92 Å². The maximum absolute atomic E-state index is 11.6. The van der Waals surface area contributed by atoms with Crippen molar-refractivity contribution < 1.29 is 14.7 Å². The fourth-order valence-corrected chi connectivity index (χ4v) is 1.66. The summed E-state index contributed by atoms with van der Waals surface area (Å²) in [5, 5.41) is 9.48. The Hall–Kier alpha value is -1.16. The van der Waals surface area contributed by atoms with Crippen LogP contribution in [0.25, 0.3) is 0 Å². The fraction of sp³-hybridized carbons (Fsp3) is 0.273. The Bertz CT molecular complexity index is 399. The van der Waals surface area contributed by atoms with Gasteiger partial charge in [0.25, 0.3) is 0 Å².